The van der Waals surface area contributed by atoms with Crippen LogP contribution in [0.25, 0.3) is 11.5 Å². The van der Waals surface area contributed by atoms with Crippen LogP contribution in [0.15, 0.2) is 47.1 Å². The first-order chi connectivity index (χ1) is 16.0. The van der Waals surface area contributed by atoms with E-state index in [2.05, 4.69) is 32.5 Å². The van der Waals surface area contributed by atoms with Gasteiger partial charge in [0.15, 0.2) is 5.76 Å². The third-order valence-electron chi connectivity index (χ3n) is 4.70. The number of unbranched alkanes of at least 4 members (excludes halogenated alkanes) is 3. The largest absolute Gasteiger partial charge is 0.463 e. The molecule has 10 nitrogen and oxygen atoms in total. The molecule has 4 N–H and O–H groups in total. The van der Waals surface area contributed by atoms with E-state index >= 15 is 0 Å². The van der Waals surface area contributed by atoms with Gasteiger partial charge >= 0.3 is 6.09 Å². The van der Waals surface area contributed by atoms with Crippen molar-refractivity contribution in [3.05, 3.63) is 59.7 Å². The van der Waals surface area contributed by atoms with Crippen LogP contribution in [0.5, 0.6) is 0 Å². The Balaban J connectivity index is 1.49. The van der Waals surface area contributed by atoms with E-state index in [1.807, 2.05) is 0 Å². The summed E-state index contributed by atoms with van der Waals surface area (Å²) in [7, 11) is 0. The van der Waals surface area contributed by atoms with Gasteiger partial charge in [0.05, 0.1) is 24.2 Å². The Labute approximate surface area is 192 Å². The third-order valence-corrected chi connectivity index (χ3v) is 4.70. The van der Waals surface area contributed by atoms with Crippen LogP contribution in [0, 0.1) is 0 Å². The zero-order valence-electron chi connectivity index (χ0n) is 18.5. The Bertz CT molecular complexity index is 1050. The number of pyridine rings is 1. The number of rotatable bonds is 11. The molecule has 2 amide bonds. The number of nitrogen functional groups attached to an aromatic ring is 1. The predicted octanol–water partition coefficient (Wildman–Crippen LogP) is 3.45. The highest BCUT2D eigenvalue weighted by Gasteiger charge is 2.13. The van der Waals surface area contributed by atoms with E-state index in [1.54, 1.807) is 30.3 Å². The second-order valence-corrected chi connectivity index (χ2v) is 7.34. The van der Waals surface area contributed by atoms with Crippen LogP contribution in [0.3, 0.4) is 0 Å². The number of nitrogens with zero attached hydrogens (tertiary/aromatic N) is 3. The number of carbonyl (C=O) groups is 2. The van der Waals surface area contributed by atoms with E-state index in [0.717, 1.165) is 25.7 Å². The first-order valence-corrected chi connectivity index (χ1v) is 10.9. The number of nitrogens with one attached hydrogen (secondary N) is 2. The van der Waals surface area contributed by atoms with E-state index in [0.29, 0.717) is 29.4 Å². The van der Waals surface area contributed by atoms with E-state index in [4.69, 9.17) is 14.9 Å². The molecule has 33 heavy (non-hydrogen) atoms. The van der Waals surface area contributed by atoms with Crippen LogP contribution in [-0.4, -0.2) is 33.5 Å². The van der Waals surface area contributed by atoms with Crippen molar-refractivity contribution in [1.29, 1.82) is 0 Å². The van der Waals surface area contributed by atoms with Gasteiger partial charge in [-0.3, -0.25) is 9.78 Å². The molecule has 0 saturated heterocycles. The Hall–Kier alpha value is -3.95. The molecule has 0 fully saturated rings. The molecular weight excluding hydrogens is 424 g/mol. The van der Waals surface area contributed by atoms with Gasteiger partial charge in [0.25, 0.3) is 5.91 Å². The molecule has 0 aliphatic heterocycles. The molecule has 0 saturated carbocycles. The summed E-state index contributed by atoms with van der Waals surface area (Å²) in [6.45, 7) is 2.93. The molecule has 3 aromatic heterocycles. The summed E-state index contributed by atoms with van der Waals surface area (Å²) in [5, 5.41) is 5.48. The highest BCUT2D eigenvalue weighted by atomic mass is 16.5. The predicted molar refractivity (Wildman–Crippen MR) is 122 cm³/mol. The minimum absolute atomic E-state index is 0.0324. The number of hydrogen-bond acceptors (Lipinski definition) is 8. The van der Waals surface area contributed by atoms with Crippen LogP contribution in [0.2, 0.25) is 0 Å². The second-order valence-electron chi connectivity index (χ2n) is 7.34. The lowest BCUT2D eigenvalue weighted by atomic mass is 10.2. The standard InChI is InChI=1S/C23H28N6O4/c1-2-3-4-5-11-25-23(31)33-15-17-9-6-8-16(27-17)14-26-21(30)19-13-18(28-22(24)29-19)20-10-7-12-32-20/h6-10,12-13H,2-5,11,14-15H2,1H3,(H,25,31)(H,26,30)(H2,24,28,29). The third kappa shape index (κ3) is 7.60. The Morgan fingerprint density at radius 1 is 1.03 bits per heavy atom. The highest BCUT2D eigenvalue weighted by Crippen LogP contribution is 2.19. The maximum Gasteiger partial charge on any atom is 0.407 e. The normalized spacial score (nSPS) is 10.6. The Morgan fingerprint density at radius 2 is 1.88 bits per heavy atom. The van der Waals surface area contributed by atoms with E-state index < -0.39 is 12.0 Å². The molecule has 0 atom stereocenters. The van der Waals surface area contributed by atoms with Gasteiger partial charge in [-0.25, -0.2) is 14.8 Å². The summed E-state index contributed by atoms with van der Waals surface area (Å²) >= 11 is 0. The van der Waals surface area contributed by atoms with Gasteiger partial charge in [0, 0.05) is 6.54 Å². The monoisotopic (exact) mass is 452 g/mol. The molecule has 3 heterocycles. The number of carbonyl (C=O) groups excluding carboxylic acids is 2. The smallest absolute Gasteiger partial charge is 0.407 e. The number of alkyl carbamates (subject to hydrolysis) is 1. The first-order valence-electron chi connectivity index (χ1n) is 10.9. The van der Waals surface area contributed by atoms with Gasteiger partial charge in [-0.1, -0.05) is 32.3 Å². The van der Waals surface area contributed by atoms with Crippen molar-refractivity contribution in [2.75, 3.05) is 12.3 Å². The van der Waals surface area contributed by atoms with Gasteiger partial charge in [-0.15, -0.1) is 0 Å². The topological polar surface area (TPSA) is 145 Å². The molecule has 0 spiro atoms. The molecule has 0 aliphatic carbocycles. The van der Waals surface area contributed by atoms with Crippen molar-refractivity contribution in [1.82, 2.24) is 25.6 Å². The molecule has 10 heteroatoms. The lowest BCUT2D eigenvalue weighted by Gasteiger charge is -2.09. The molecule has 0 aromatic carbocycles. The number of aromatic nitrogens is 3. The number of furan rings is 1. The van der Waals surface area contributed by atoms with Crippen molar-refractivity contribution in [3.8, 4) is 11.5 Å². The van der Waals surface area contributed by atoms with Crippen molar-refractivity contribution >= 4 is 17.9 Å². The van der Waals surface area contributed by atoms with E-state index in [-0.39, 0.29) is 24.8 Å². The van der Waals surface area contributed by atoms with E-state index in [9.17, 15) is 9.59 Å². The molecule has 0 radical (unpaired) electrons. The summed E-state index contributed by atoms with van der Waals surface area (Å²) in [4.78, 5) is 36.9. The fraction of sp³-hybridized carbons (Fsp3) is 0.348. The molecule has 3 aromatic rings. The van der Waals surface area contributed by atoms with Crippen LogP contribution < -0.4 is 16.4 Å². The fourth-order valence-electron chi connectivity index (χ4n) is 3.03. The molecule has 0 aliphatic rings. The van der Waals surface area contributed by atoms with Crippen molar-refractivity contribution in [3.63, 3.8) is 0 Å². The lowest BCUT2D eigenvalue weighted by molar-refractivity contribution is 0.0945. The number of ether oxygens (including phenoxy) is 1. The molecular formula is C23H28N6O4. The lowest BCUT2D eigenvalue weighted by Crippen LogP contribution is -2.26. The number of amides is 2. The van der Waals surface area contributed by atoms with Gasteiger partial charge in [-0.05, 0) is 36.8 Å². The fourth-order valence-corrected chi connectivity index (χ4v) is 3.03. The maximum absolute atomic E-state index is 12.6. The summed E-state index contributed by atoms with van der Waals surface area (Å²) in [5.41, 5.74) is 7.45. The maximum atomic E-state index is 12.6. The number of nitrogens with two attached hydrogens (primary N) is 1. The van der Waals surface area contributed by atoms with Crippen molar-refractivity contribution in [2.24, 2.45) is 0 Å². The zero-order valence-corrected chi connectivity index (χ0v) is 18.5. The highest BCUT2D eigenvalue weighted by molar-refractivity contribution is 5.93. The molecule has 0 bridgehead atoms. The van der Waals surface area contributed by atoms with Gasteiger partial charge in [0.2, 0.25) is 5.95 Å². The first kappa shape index (κ1) is 23.7. The molecule has 0 unspecified atom stereocenters. The minimum Gasteiger partial charge on any atom is -0.463 e. The molecule has 174 valence electrons. The van der Waals surface area contributed by atoms with Crippen LogP contribution >= 0.6 is 0 Å². The average Bonchev–Trinajstić information content (AvgIpc) is 3.36. The van der Waals surface area contributed by atoms with Gasteiger partial charge in [0.1, 0.15) is 18.0 Å². The van der Waals surface area contributed by atoms with Crippen LogP contribution in [-0.2, 0) is 17.9 Å². The van der Waals surface area contributed by atoms with Gasteiger partial charge < -0.3 is 25.5 Å². The molecule has 3 rings (SSSR count). The summed E-state index contributed by atoms with van der Waals surface area (Å²) < 4.78 is 10.5. The van der Waals surface area contributed by atoms with Crippen LogP contribution in [0.4, 0.5) is 10.7 Å². The minimum atomic E-state index is -0.472. The number of anilines is 1. The van der Waals surface area contributed by atoms with Crippen molar-refractivity contribution < 1.29 is 18.7 Å². The van der Waals surface area contributed by atoms with Crippen LogP contribution in [0.1, 0.15) is 54.5 Å². The Morgan fingerprint density at radius 3 is 2.67 bits per heavy atom. The second kappa shape index (κ2) is 12.2. The zero-order chi connectivity index (χ0) is 23.5. The van der Waals surface area contributed by atoms with Gasteiger partial charge in [-0.2, -0.15) is 0 Å². The summed E-state index contributed by atoms with van der Waals surface area (Å²) in [6.07, 6.45) is 5.34. The van der Waals surface area contributed by atoms with E-state index in [1.165, 1.54) is 12.3 Å². The van der Waals surface area contributed by atoms with Crippen molar-refractivity contribution in [2.45, 2.75) is 45.8 Å². The quantitative estimate of drug-likeness (QED) is 0.375. The summed E-state index contributed by atoms with van der Waals surface area (Å²) in [5.74, 6) is 0.0234. The SMILES string of the molecule is CCCCCCNC(=O)OCc1cccc(CNC(=O)c2cc(-c3ccco3)nc(N)n2)n1. The Kier molecular flexibility index (Phi) is 8.75. The number of hydrogen-bond donors (Lipinski definition) is 3. The summed E-state index contributed by atoms with van der Waals surface area (Å²) in [6, 6.07) is 10.2. The average molecular weight is 453 g/mol.